The maximum Gasteiger partial charge on any atom is 0.225 e. The van der Waals surface area contributed by atoms with Crippen molar-refractivity contribution < 1.29 is 4.42 Å². The van der Waals surface area contributed by atoms with Crippen molar-refractivity contribution in [3.63, 3.8) is 0 Å². The third-order valence-corrected chi connectivity index (χ3v) is 4.54. The van der Waals surface area contributed by atoms with E-state index in [-0.39, 0.29) is 0 Å². The Kier molecular flexibility index (Phi) is 2.88. The fourth-order valence-corrected chi connectivity index (χ4v) is 3.37. The van der Waals surface area contributed by atoms with Crippen molar-refractivity contribution in [1.82, 2.24) is 4.98 Å². The van der Waals surface area contributed by atoms with Crippen LogP contribution in [0.3, 0.4) is 0 Å². The zero-order valence-corrected chi connectivity index (χ0v) is 11.9. The molecule has 0 aliphatic heterocycles. The van der Waals surface area contributed by atoms with E-state index in [1.54, 1.807) is 12.5 Å². The van der Waals surface area contributed by atoms with Gasteiger partial charge in [-0.05, 0) is 41.0 Å². The van der Waals surface area contributed by atoms with Crippen molar-refractivity contribution in [3.05, 3.63) is 78.2 Å². The molecule has 1 aliphatic rings. The van der Waals surface area contributed by atoms with Gasteiger partial charge in [0.25, 0.3) is 0 Å². The van der Waals surface area contributed by atoms with E-state index in [0.29, 0.717) is 23.6 Å². The lowest BCUT2D eigenvalue weighted by atomic mass is 10.0. The molecule has 1 saturated carbocycles. The van der Waals surface area contributed by atoms with E-state index in [0.717, 1.165) is 5.56 Å². The molecule has 1 aromatic heterocycles. The third-order valence-electron chi connectivity index (χ3n) is 4.54. The number of hydrogen-bond donors (Lipinski definition) is 0. The van der Waals surface area contributed by atoms with Gasteiger partial charge in [-0.2, -0.15) is 0 Å². The van der Waals surface area contributed by atoms with Gasteiger partial charge >= 0.3 is 0 Å². The van der Waals surface area contributed by atoms with Crippen LogP contribution in [0.15, 0.2) is 71.5 Å². The Morgan fingerprint density at radius 1 is 0.857 bits per heavy atom. The van der Waals surface area contributed by atoms with E-state index < -0.39 is 0 Å². The van der Waals surface area contributed by atoms with Crippen molar-refractivity contribution in [3.8, 4) is 11.5 Å². The molecule has 104 valence electrons. The van der Waals surface area contributed by atoms with Crippen molar-refractivity contribution in [2.45, 2.75) is 18.8 Å². The molecule has 1 fully saturated rings. The molecule has 0 saturated heterocycles. The molecule has 0 spiro atoms. The maximum atomic E-state index is 5.34. The van der Waals surface area contributed by atoms with Crippen LogP contribution >= 0.6 is 0 Å². The Bertz CT molecular complexity index is 716. The molecule has 0 radical (unpaired) electrons. The van der Waals surface area contributed by atoms with Crippen molar-refractivity contribution >= 4 is 0 Å². The van der Waals surface area contributed by atoms with Crippen LogP contribution < -0.4 is 0 Å². The monoisotopic (exact) mass is 275 g/mol. The van der Waals surface area contributed by atoms with Crippen LogP contribution in [0.5, 0.6) is 0 Å². The Morgan fingerprint density at radius 3 is 2.14 bits per heavy atom. The Morgan fingerprint density at radius 2 is 1.52 bits per heavy atom. The molecular formula is C19H17NO. The highest BCUT2D eigenvalue weighted by atomic mass is 16.3. The zero-order chi connectivity index (χ0) is 14.2. The largest absolute Gasteiger partial charge is 0.445 e. The molecule has 21 heavy (non-hydrogen) atoms. The van der Waals surface area contributed by atoms with Crippen LogP contribution in [-0.4, -0.2) is 4.98 Å². The van der Waals surface area contributed by atoms with Gasteiger partial charge in [0.05, 0.1) is 6.20 Å². The summed E-state index contributed by atoms with van der Waals surface area (Å²) in [6, 6.07) is 19.4. The second kappa shape index (κ2) is 4.88. The van der Waals surface area contributed by atoms with Crippen LogP contribution in [0.2, 0.25) is 0 Å². The summed E-state index contributed by atoms with van der Waals surface area (Å²) in [4.78, 5) is 4.19. The summed E-state index contributed by atoms with van der Waals surface area (Å²) in [6.45, 7) is 2.34. The van der Waals surface area contributed by atoms with Crippen LogP contribution in [0.4, 0.5) is 0 Å². The van der Waals surface area contributed by atoms with Crippen molar-refractivity contribution in [2.24, 2.45) is 5.92 Å². The fraction of sp³-hybridized carbons (Fsp3) is 0.211. The van der Waals surface area contributed by atoms with E-state index in [1.165, 1.54) is 11.1 Å². The third kappa shape index (κ3) is 2.17. The molecule has 1 heterocycles. The molecule has 3 aromatic rings. The highest BCUT2D eigenvalue weighted by Crippen LogP contribution is 2.60. The number of benzene rings is 2. The molecule has 2 heteroatoms. The first kappa shape index (κ1) is 12.4. The highest BCUT2D eigenvalue weighted by molar-refractivity contribution is 5.54. The Labute approximate surface area is 124 Å². The van der Waals surface area contributed by atoms with Gasteiger partial charge in [0.15, 0.2) is 0 Å². The number of hydrogen-bond acceptors (Lipinski definition) is 2. The summed E-state index contributed by atoms with van der Waals surface area (Å²) in [7, 11) is 0. The summed E-state index contributed by atoms with van der Waals surface area (Å²) in [5.74, 6) is 2.68. The number of rotatable bonds is 3. The second-order valence-corrected chi connectivity index (χ2v) is 5.78. The quantitative estimate of drug-likeness (QED) is 0.682. The van der Waals surface area contributed by atoms with E-state index in [2.05, 4.69) is 66.5 Å². The minimum Gasteiger partial charge on any atom is -0.445 e. The fourth-order valence-electron chi connectivity index (χ4n) is 3.37. The van der Waals surface area contributed by atoms with E-state index in [1.807, 2.05) is 0 Å². The van der Waals surface area contributed by atoms with Gasteiger partial charge in [0.2, 0.25) is 5.89 Å². The van der Waals surface area contributed by atoms with Gasteiger partial charge in [-0.3, -0.25) is 0 Å². The van der Waals surface area contributed by atoms with Crippen LogP contribution in [0.25, 0.3) is 11.5 Å². The van der Waals surface area contributed by atoms with Gasteiger partial charge in [0, 0.05) is 5.56 Å². The SMILES string of the molecule is C[C@@H]1[C@H](c2ccccc2)[C@H]1c1ccc(-c2ncco2)cc1. The van der Waals surface area contributed by atoms with Crippen molar-refractivity contribution in [2.75, 3.05) is 0 Å². The standard InChI is InChI=1S/C19H17NO/c1-13-17(14-5-3-2-4-6-14)18(13)15-7-9-16(10-8-15)19-20-11-12-21-19/h2-13,17-18H,1H3/t13-,17-,18-/m1/s1. The number of aromatic nitrogens is 1. The van der Waals surface area contributed by atoms with E-state index in [4.69, 9.17) is 4.42 Å². The predicted molar refractivity (Wildman–Crippen MR) is 83.0 cm³/mol. The van der Waals surface area contributed by atoms with Gasteiger partial charge in [-0.25, -0.2) is 4.98 Å². The summed E-state index contributed by atoms with van der Waals surface area (Å²) in [5.41, 5.74) is 3.90. The van der Waals surface area contributed by atoms with Gasteiger partial charge in [0.1, 0.15) is 6.26 Å². The summed E-state index contributed by atoms with van der Waals surface area (Å²) >= 11 is 0. The molecule has 0 unspecified atom stereocenters. The topological polar surface area (TPSA) is 26.0 Å². The maximum absolute atomic E-state index is 5.34. The molecule has 4 rings (SSSR count). The normalized spacial score (nSPS) is 24.0. The first-order valence-electron chi connectivity index (χ1n) is 7.39. The first-order chi connectivity index (χ1) is 10.3. The van der Waals surface area contributed by atoms with Gasteiger partial charge in [-0.1, -0.05) is 49.4 Å². The summed E-state index contributed by atoms with van der Waals surface area (Å²) < 4.78 is 5.34. The molecule has 1 aliphatic carbocycles. The minimum absolute atomic E-state index is 0.631. The molecule has 0 N–H and O–H groups in total. The molecule has 0 bridgehead atoms. The Balaban J connectivity index is 1.58. The predicted octanol–water partition coefficient (Wildman–Crippen LogP) is 4.86. The average molecular weight is 275 g/mol. The molecule has 2 aromatic carbocycles. The minimum atomic E-state index is 0.631. The lowest BCUT2D eigenvalue weighted by Gasteiger charge is -2.02. The summed E-state index contributed by atoms with van der Waals surface area (Å²) in [5, 5.41) is 0. The van der Waals surface area contributed by atoms with E-state index >= 15 is 0 Å². The Hall–Kier alpha value is -2.35. The smallest absolute Gasteiger partial charge is 0.225 e. The second-order valence-electron chi connectivity index (χ2n) is 5.78. The van der Waals surface area contributed by atoms with Crippen LogP contribution in [-0.2, 0) is 0 Å². The van der Waals surface area contributed by atoms with Crippen molar-refractivity contribution in [1.29, 1.82) is 0 Å². The number of nitrogens with zero attached hydrogens (tertiary/aromatic N) is 1. The molecule has 2 nitrogen and oxygen atoms in total. The average Bonchev–Trinajstić information content (AvgIpc) is 2.97. The lowest BCUT2D eigenvalue weighted by Crippen LogP contribution is -1.85. The summed E-state index contributed by atoms with van der Waals surface area (Å²) in [6.07, 6.45) is 3.29. The van der Waals surface area contributed by atoms with Crippen LogP contribution in [0.1, 0.15) is 29.9 Å². The molecule has 0 amide bonds. The number of oxazole rings is 1. The molecule has 3 atom stereocenters. The van der Waals surface area contributed by atoms with Gasteiger partial charge < -0.3 is 4.42 Å². The zero-order valence-electron chi connectivity index (χ0n) is 11.9. The molecular weight excluding hydrogens is 258 g/mol. The first-order valence-corrected chi connectivity index (χ1v) is 7.39. The van der Waals surface area contributed by atoms with Gasteiger partial charge in [-0.15, -0.1) is 0 Å². The van der Waals surface area contributed by atoms with E-state index in [9.17, 15) is 0 Å². The lowest BCUT2D eigenvalue weighted by molar-refractivity contribution is 0.574. The highest BCUT2D eigenvalue weighted by Gasteiger charge is 2.48. The van der Waals surface area contributed by atoms with Crippen LogP contribution in [0, 0.1) is 5.92 Å².